The number of unbranched alkanes of at least 4 members (excludes halogenated alkanes) is 3. The monoisotopic (exact) mass is 335 g/mol. The maximum Gasteiger partial charge on any atom is 0.321 e. The number of rotatable bonds is 12. The van der Waals surface area contributed by atoms with E-state index in [4.69, 9.17) is 5.73 Å². The molecule has 0 unspecified atom stereocenters. The second-order valence-corrected chi connectivity index (χ2v) is 5.81. The number of aryl methyl sites for hydroxylation is 1. The van der Waals surface area contributed by atoms with Crippen LogP contribution in [0.15, 0.2) is 24.3 Å². The Morgan fingerprint density at radius 2 is 1.88 bits per heavy atom. The molecular formula is C18H29N3O3. The van der Waals surface area contributed by atoms with Crippen molar-refractivity contribution in [3.05, 3.63) is 29.8 Å². The van der Waals surface area contributed by atoms with Gasteiger partial charge in [0.25, 0.3) is 0 Å². The van der Waals surface area contributed by atoms with Crippen molar-refractivity contribution in [1.29, 1.82) is 0 Å². The lowest BCUT2D eigenvalue weighted by atomic mass is 10.1. The first-order valence-corrected chi connectivity index (χ1v) is 8.62. The van der Waals surface area contributed by atoms with E-state index in [2.05, 4.69) is 10.6 Å². The summed E-state index contributed by atoms with van der Waals surface area (Å²) in [6.45, 7) is 3.28. The lowest BCUT2D eigenvalue weighted by Crippen LogP contribution is -2.40. The van der Waals surface area contributed by atoms with Gasteiger partial charge in [0.1, 0.15) is 6.04 Å². The number of nitrogens with two attached hydrogens (primary N) is 1. The predicted molar refractivity (Wildman–Crippen MR) is 96.0 cm³/mol. The maximum atomic E-state index is 12.1. The van der Waals surface area contributed by atoms with Gasteiger partial charge in [0.05, 0.1) is 6.42 Å². The fourth-order valence-electron chi connectivity index (χ4n) is 2.48. The normalized spacial score (nSPS) is 11.9. The highest BCUT2D eigenvalue weighted by atomic mass is 16.4. The number of benzene rings is 1. The van der Waals surface area contributed by atoms with E-state index < -0.39 is 12.0 Å². The number of hydrogen-bond acceptors (Lipinski definition) is 4. The Morgan fingerprint density at radius 1 is 1.17 bits per heavy atom. The molecule has 0 saturated heterocycles. The molecule has 0 aromatic heterocycles. The number of aliphatic carboxylic acids is 1. The van der Waals surface area contributed by atoms with E-state index in [1.807, 2.05) is 31.2 Å². The predicted octanol–water partition coefficient (Wildman–Crippen LogP) is 2.14. The standard InChI is InChI=1S/C18H29N3O3/c1-2-14-9-5-6-10-15(14)21-17(22)13-16(18(23)24)20-12-8-4-3-7-11-19/h5-6,9-10,16,20H,2-4,7-8,11-13,19H2,1H3,(H,21,22)(H,23,24)/t16-/m0/s1. The van der Waals surface area contributed by atoms with Crippen LogP contribution in [0.1, 0.15) is 44.6 Å². The molecule has 0 spiro atoms. The summed E-state index contributed by atoms with van der Waals surface area (Å²) in [5, 5.41) is 15.0. The molecule has 1 amide bonds. The van der Waals surface area contributed by atoms with Crippen molar-refractivity contribution in [2.75, 3.05) is 18.4 Å². The van der Waals surface area contributed by atoms with Gasteiger partial charge in [-0.1, -0.05) is 38.0 Å². The van der Waals surface area contributed by atoms with Crippen LogP contribution in [0.5, 0.6) is 0 Å². The van der Waals surface area contributed by atoms with Crippen LogP contribution in [0.4, 0.5) is 5.69 Å². The van der Waals surface area contributed by atoms with Crippen LogP contribution in [0.2, 0.25) is 0 Å². The van der Waals surface area contributed by atoms with Crippen LogP contribution in [0.25, 0.3) is 0 Å². The zero-order valence-corrected chi connectivity index (χ0v) is 14.4. The molecule has 0 aliphatic heterocycles. The fraction of sp³-hybridized carbons (Fsp3) is 0.556. The van der Waals surface area contributed by atoms with E-state index in [1.165, 1.54) is 0 Å². The highest BCUT2D eigenvalue weighted by Crippen LogP contribution is 2.15. The molecule has 0 aliphatic rings. The molecule has 1 atom stereocenters. The van der Waals surface area contributed by atoms with Crippen LogP contribution >= 0.6 is 0 Å². The number of carbonyl (C=O) groups is 2. The molecule has 1 aromatic carbocycles. The van der Waals surface area contributed by atoms with Gasteiger partial charge in [-0.05, 0) is 44.0 Å². The quantitative estimate of drug-likeness (QED) is 0.438. The molecule has 24 heavy (non-hydrogen) atoms. The minimum Gasteiger partial charge on any atom is -0.480 e. The second kappa shape index (κ2) is 11.6. The van der Waals surface area contributed by atoms with E-state index in [0.717, 1.165) is 43.4 Å². The summed E-state index contributed by atoms with van der Waals surface area (Å²) in [6, 6.07) is 6.68. The van der Waals surface area contributed by atoms with Gasteiger partial charge in [-0.25, -0.2) is 0 Å². The molecule has 0 heterocycles. The summed E-state index contributed by atoms with van der Waals surface area (Å²) in [5.41, 5.74) is 7.21. The number of hydrogen-bond donors (Lipinski definition) is 4. The first kappa shape index (κ1) is 20.1. The topological polar surface area (TPSA) is 104 Å². The third-order valence-electron chi connectivity index (χ3n) is 3.88. The van der Waals surface area contributed by atoms with Crippen LogP contribution in [-0.2, 0) is 16.0 Å². The van der Waals surface area contributed by atoms with Gasteiger partial charge in [0, 0.05) is 5.69 Å². The van der Waals surface area contributed by atoms with Gasteiger partial charge in [0.15, 0.2) is 0 Å². The van der Waals surface area contributed by atoms with Crippen molar-refractivity contribution in [3.63, 3.8) is 0 Å². The van der Waals surface area contributed by atoms with Crippen molar-refractivity contribution in [3.8, 4) is 0 Å². The largest absolute Gasteiger partial charge is 0.480 e. The number of carbonyl (C=O) groups excluding carboxylic acids is 1. The molecule has 5 N–H and O–H groups in total. The van der Waals surface area contributed by atoms with Crippen molar-refractivity contribution < 1.29 is 14.7 Å². The van der Waals surface area contributed by atoms with E-state index >= 15 is 0 Å². The number of carboxylic acids is 1. The average Bonchev–Trinajstić information content (AvgIpc) is 2.57. The minimum atomic E-state index is -1.00. The highest BCUT2D eigenvalue weighted by Gasteiger charge is 2.20. The molecular weight excluding hydrogens is 306 g/mol. The van der Waals surface area contributed by atoms with Crippen LogP contribution < -0.4 is 16.4 Å². The Kier molecular flexibility index (Phi) is 9.72. The molecule has 6 nitrogen and oxygen atoms in total. The Hall–Kier alpha value is -1.92. The Morgan fingerprint density at radius 3 is 2.54 bits per heavy atom. The molecule has 134 valence electrons. The second-order valence-electron chi connectivity index (χ2n) is 5.81. The molecule has 1 aromatic rings. The van der Waals surface area contributed by atoms with Crippen molar-refractivity contribution in [2.45, 2.75) is 51.5 Å². The smallest absolute Gasteiger partial charge is 0.321 e. The molecule has 1 rings (SSSR count). The summed E-state index contributed by atoms with van der Waals surface area (Å²) < 4.78 is 0. The Balaban J connectivity index is 2.43. The van der Waals surface area contributed by atoms with Gasteiger partial charge in [-0.2, -0.15) is 0 Å². The molecule has 0 saturated carbocycles. The molecule has 0 fully saturated rings. The first-order valence-electron chi connectivity index (χ1n) is 8.62. The molecule has 0 aliphatic carbocycles. The number of amides is 1. The zero-order valence-electron chi connectivity index (χ0n) is 14.4. The number of carboxylic acid groups (broad SMARTS) is 1. The van der Waals surface area contributed by atoms with Gasteiger partial charge >= 0.3 is 5.97 Å². The Labute approximate surface area is 143 Å². The van der Waals surface area contributed by atoms with E-state index in [9.17, 15) is 14.7 Å². The van der Waals surface area contributed by atoms with Gasteiger partial charge in [0.2, 0.25) is 5.91 Å². The molecule has 0 bridgehead atoms. The first-order chi connectivity index (χ1) is 11.6. The van der Waals surface area contributed by atoms with Crippen molar-refractivity contribution in [2.24, 2.45) is 5.73 Å². The van der Waals surface area contributed by atoms with E-state index in [1.54, 1.807) is 0 Å². The summed E-state index contributed by atoms with van der Waals surface area (Å²) in [6.07, 6.45) is 4.64. The zero-order chi connectivity index (χ0) is 17.8. The number of nitrogens with one attached hydrogen (secondary N) is 2. The highest BCUT2D eigenvalue weighted by molar-refractivity contribution is 5.94. The summed E-state index contributed by atoms with van der Waals surface area (Å²) in [7, 11) is 0. The number of anilines is 1. The van der Waals surface area contributed by atoms with Crippen LogP contribution in [0.3, 0.4) is 0 Å². The van der Waals surface area contributed by atoms with Crippen molar-refractivity contribution in [1.82, 2.24) is 5.32 Å². The number of para-hydroxylation sites is 1. The lowest BCUT2D eigenvalue weighted by Gasteiger charge is -2.15. The van der Waals surface area contributed by atoms with E-state index in [0.29, 0.717) is 13.1 Å². The lowest BCUT2D eigenvalue weighted by molar-refractivity contribution is -0.141. The SMILES string of the molecule is CCc1ccccc1NC(=O)C[C@H](NCCCCCCN)C(=O)O. The van der Waals surface area contributed by atoms with Crippen molar-refractivity contribution >= 4 is 17.6 Å². The summed E-state index contributed by atoms with van der Waals surface area (Å²) in [5.74, 6) is -1.30. The maximum absolute atomic E-state index is 12.1. The third kappa shape index (κ3) is 7.57. The molecule has 0 radical (unpaired) electrons. The van der Waals surface area contributed by atoms with Gasteiger partial charge in [-0.3, -0.25) is 9.59 Å². The fourth-order valence-corrected chi connectivity index (χ4v) is 2.48. The van der Waals surface area contributed by atoms with Crippen LogP contribution in [0, 0.1) is 0 Å². The average molecular weight is 335 g/mol. The molecule has 6 heteroatoms. The minimum absolute atomic E-state index is 0.0871. The van der Waals surface area contributed by atoms with Gasteiger partial charge in [-0.15, -0.1) is 0 Å². The van der Waals surface area contributed by atoms with E-state index in [-0.39, 0.29) is 12.3 Å². The summed E-state index contributed by atoms with van der Waals surface area (Å²) >= 11 is 0. The van der Waals surface area contributed by atoms with Gasteiger partial charge < -0.3 is 21.5 Å². The van der Waals surface area contributed by atoms with Crippen LogP contribution in [-0.4, -0.2) is 36.1 Å². The Bertz CT molecular complexity index is 520. The summed E-state index contributed by atoms with van der Waals surface area (Å²) in [4.78, 5) is 23.5. The third-order valence-corrected chi connectivity index (χ3v) is 3.88.